The molecule has 1 saturated heterocycles. The molecule has 0 saturated carbocycles. The number of pyridine rings is 1. The molecule has 6 nitrogen and oxygen atoms in total. The predicted octanol–water partition coefficient (Wildman–Crippen LogP) is 1.86. The summed E-state index contributed by atoms with van der Waals surface area (Å²) in [5.41, 5.74) is 0. The summed E-state index contributed by atoms with van der Waals surface area (Å²) >= 11 is 0. The van der Waals surface area contributed by atoms with Crippen LogP contribution in [0.15, 0.2) is 18.3 Å². The maximum Gasteiger partial charge on any atom is 0.239 e. The van der Waals surface area contributed by atoms with E-state index in [-0.39, 0.29) is 18.1 Å². The number of likely N-dealkylation sites (N-methyl/N-ethyl adjacent to an activating group) is 1. The second-order valence-corrected chi connectivity index (χ2v) is 6.43. The zero-order valence-electron chi connectivity index (χ0n) is 15.5. The summed E-state index contributed by atoms with van der Waals surface area (Å²) in [4.78, 5) is 23.0. The normalized spacial score (nSPS) is 19.1. The first-order valence-corrected chi connectivity index (χ1v) is 8.79. The largest absolute Gasteiger partial charge is 0.485 e. The average molecular weight is 334 g/mol. The van der Waals surface area contributed by atoms with Crippen LogP contribution in [0.2, 0.25) is 0 Å². The van der Waals surface area contributed by atoms with Gasteiger partial charge in [0.05, 0.1) is 6.04 Å². The minimum atomic E-state index is -0.0966. The number of likely N-dealkylation sites (tertiary alicyclic amines) is 1. The van der Waals surface area contributed by atoms with E-state index >= 15 is 0 Å². The number of nitrogens with zero attached hydrogens (tertiary/aromatic N) is 4. The fourth-order valence-corrected chi connectivity index (χ4v) is 3.15. The van der Waals surface area contributed by atoms with Crippen LogP contribution in [-0.4, -0.2) is 73.1 Å². The van der Waals surface area contributed by atoms with Crippen LogP contribution in [0, 0.1) is 0 Å². The van der Waals surface area contributed by atoms with Crippen molar-refractivity contribution in [1.29, 1.82) is 0 Å². The Hall–Kier alpha value is -1.82. The standard InChI is InChI=1S/C18H30N4O2/c1-6-21(7-2)18(23)14(3)22-12-10-15(13-22)24-16-9-8-11-19-17(16)20(4)5/h8-9,11,14-15H,6-7,10,12-13H2,1-5H3/t14?,15-/m0/s1. The molecule has 1 aliphatic rings. The van der Waals surface area contributed by atoms with Crippen molar-refractivity contribution >= 4 is 11.7 Å². The minimum Gasteiger partial charge on any atom is -0.485 e. The summed E-state index contributed by atoms with van der Waals surface area (Å²) in [5, 5.41) is 0. The number of hydrogen-bond donors (Lipinski definition) is 0. The summed E-state index contributed by atoms with van der Waals surface area (Å²) in [6.45, 7) is 9.22. The zero-order valence-corrected chi connectivity index (χ0v) is 15.5. The van der Waals surface area contributed by atoms with Gasteiger partial charge in [-0.25, -0.2) is 4.98 Å². The molecule has 2 rings (SSSR count). The number of ether oxygens (including phenoxy) is 1. The van der Waals surface area contributed by atoms with Crippen LogP contribution in [0.3, 0.4) is 0 Å². The summed E-state index contributed by atoms with van der Waals surface area (Å²) in [7, 11) is 3.92. The monoisotopic (exact) mass is 334 g/mol. The molecule has 2 heterocycles. The van der Waals surface area contributed by atoms with Crippen molar-refractivity contribution in [3.8, 4) is 5.75 Å². The van der Waals surface area contributed by atoms with Crippen LogP contribution >= 0.6 is 0 Å². The molecule has 1 aromatic heterocycles. The number of carbonyl (C=O) groups is 1. The predicted molar refractivity (Wildman–Crippen MR) is 96.6 cm³/mol. The molecule has 1 aliphatic heterocycles. The topological polar surface area (TPSA) is 48.9 Å². The number of rotatable bonds is 7. The number of anilines is 1. The Morgan fingerprint density at radius 1 is 1.42 bits per heavy atom. The molecule has 6 heteroatoms. The number of carbonyl (C=O) groups excluding carboxylic acids is 1. The van der Waals surface area contributed by atoms with Crippen molar-refractivity contribution in [3.05, 3.63) is 18.3 Å². The highest BCUT2D eigenvalue weighted by Gasteiger charge is 2.32. The summed E-state index contributed by atoms with van der Waals surface area (Å²) in [6, 6.07) is 3.75. The third kappa shape index (κ3) is 4.17. The van der Waals surface area contributed by atoms with Gasteiger partial charge in [-0.2, -0.15) is 0 Å². The van der Waals surface area contributed by atoms with E-state index in [1.54, 1.807) is 6.20 Å². The zero-order chi connectivity index (χ0) is 17.7. The molecule has 0 radical (unpaired) electrons. The van der Waals surface area contributed by atoms with Gasteiger partial charge < -0.3 is 14.5 Å². The molecule has 0 spiro atoms. The second-order valence-electron chi connectivity index (χ2n) is 6.43. The fourth-order valence-electron chi connectivity index (χ4n) is 3.15. The van der Waals surface area contributed by atoms with Gasteiger partial charge in [0, 0.05) is 46.5 Å². The number of aromatic nitrogens is 1. The molecular formula is C18H30N4O2. The highest BCUT2D eigenvalue weighted by Crippen LogP contribution is 2.27. The molecule has 134 valence electrons. The van der Waals surface area contributed by atoms with E-state index in [9.17, 15) is 4.79 Å². The maximum atomic E-state index is 12.5. The molecule has 24 heavy (non-hydrogen) atoms. The first kappa shape index (κ1) is 18.5. The van der Waals surface area contributed by atoms with E-state index in [0.29, 0.717) is 0 Å². The van der Waals surface area contributed by atoms with Gasteiger partial charge in [0.25, 0.3) is 0 Å². The lowest BCUT2D eigenvalue weighted by atomic mass is 10.2. The van der Waals surface area contributed by atoms with Crippen LogP contribution < -0.4 is 9.64 Å². The lowest BCUT2D eigenvalue weighted by Crippen LogP contribution is -2.46. The lowest BCUT2D eigenvalue weighted by molar-refractivity contribution is -0.135. The quantitative estimate of drug-likeness (QED) is 0.762. The first-order valence-electron chi connectivity index (χ1n) is 8.79. The average Bonchev–Trinajstić information content (AvgIpc) is 3.04. The lowest BCUT2D eigenvalue weighted by Gasteiger charge is -2.29. The molecule has 1 amide bonds. The van der Waals surface area contributed by atoms with Gasteiger partial charge in [-0.3, -0.25) is 9.69 Å². The van der Waals surface area contributed by atoms with Crippen molar-refractivity contribution in [2.24, 2.45) is 0 Å². The molecule has 1 fully saturated rings. The Kier molecular flexibility index (Phi) is 6.43. The molecule has 0 N–H and O–H groups in total. The van der Waals surface area contributed by atoms with Crippen molar-refractivity contribution in [2.45, 2.75) is 39.3 Å². The van der Waals surface area contributed by atoms with Crippen LogP contribution in [0.1, 0.15) is 27.2 Å². The molecule has 1 unspecified atom stereocenters. The molecule has 1 aromatic rings. The molecule has 2 atom stereocenters. The van der Waals surface area contributed by atoms with Crippen LogP contribution in [-0.2, 0) is 4.79 Å². The Bertz CT molecular complexity index is 546. The van der Waals surface area contributed by atoms with E-state index < -0.39 is 0 Å². The second kappa shape index (κ2) is 8.33. The van der Waals surface area contributed by atoms with Crippen molar-refractivity contribution in [1.82, 2.24) is 14.8 Å². The summed E-state index contributed by atoms with van der Waals surface area (Å²) < 4.78 is 6.17. The molecule has 0 aromatic carbocycles. The Labute approximate surface area is 145 Å². The summed E-state index contributed by atoms with van der Waals surface area (Å²) in [5.74, 6) is 1.84. The molecule has 0 bridgehead atoms. The van der Waals surface area contributed by atoms with E-state index in [2.05, 4.69) is 9.88 Å². The third-order valence-electron chi connectivity index (χ3n) is 4.62. The van der Waals surface area contributed by atoms with Crippen LogP contribution in [0.4, 0.5) is 5.82 Å². The SMILES string of the molecule is CCN(CC)C(=O)C(C)N1CC[C@H](Oc2cccnc2N(C)C)C1. The van der Waals surface area contributed by atoms with E-state index in [0.717, 1.165) is 44.2 Å². The number of amides is 1. The van der Waals surface area contributed by atoms with Gasteiger partial charge >= 0.3 is 0 Å². The molecule has 0 aliphatic carbocycles. The smallest absolute Gasteiger partial charge is 0.239 e. The van der Waals surface area contributed by atoms with Crippen LogP contribution in [0.25, 0.3) is 0 Å². The van der Waals surface area contributed by atoms with E-state index in [4.69, 9.17) is 4.74 Å². The third-order valence-corrected chi connectivity index (χ3v) is 4.62. The maximum absolute atomic E-state index is 12.5. The van der Waals surface area contributed by atoms with E-state index in [1.165, 1.54) is 0 Å². The van der Waals surface area contributed by atoms with E-state index in [1.807, 2.05) is 56.8 Å². The fraction of sp³-hybridized carbons (Fsp3) is 0.667. The van der Waals surface area contributed by atoms with Gasteiger partial charge in [0.1, 0.15) is 6.10 Å². The summed E-state index contributed by atoms with van der Waals surface area (Å²) in [6.07, 6.45) is 2.80. The van der Waals surface area contributed by atoms with Gasteiger partial charge in [-0.05, 0) is 39.3 Å². The van der Waals surface area contributed by atoms with Gasteiger partial charge in [0.2, 0.25) is 5.91 Å². The van der Waals surface area contributed by atoms with Gasteiger partial charge in [-0.15, -0.1) is 0 Å². The Morgan fingerprint density at radius 2 is 2.12 bits per heavy atom. The number of hydrogen-bond acceptors (Lipinski definition) is 5. The van der Waals surface area contributed by atoms with Crippen molar-refractivity contribution in [3.63, 3.8) is 0 Å². The van der Waals surface area contributed by atoms with Gasteiger partial charge in [-0.1, -0.05) is 0 Å². The highest BCUT2D eigenvalue weighted by atomic mass is 16.5. The first-order chi connectivity index (χ1) is 11.5. The Balaban J connectivity index is 1.97. The minimum absolute atomic E-state index is 0.0966. The van der Waals surface area contributed by atoms with Crippen LogP contribution in [0.5, 0.6) is 5.75 Å². The van der Waals surface area contributed by atoms with Gasteiger partial charge in [0.15, 0.2) is 11.6 Å². The Morgan fingerprint density at radius 3 is 2.75 bits per heavy atom. The molecular weight excluding hydrogens is 304 g/mol. The van der Waals surface area contributed by atoms with Crippen molar-refractivity contribution < 1.29 is 9.53 Å². The highest BCUT2D eigenvalue weighted by molar-refractivity contribution is 5.81. The van der Waals surface area contributed by atoms with Crippen molar-refractivity contribution in [2.75, 3.05) is 45.2 Å².